The first kappa shape index (κ1) is 32.6. The van der Waals surface area contributed by atoms with Crippen molar-refractivity contribution >= 4 is 67.1 Å². The van der Waals surface area contributed by atoms with Gasteiger partial charge in [0.05, 0.1) is 22.7 Å². The fourth-order valence-electron chi connectivity index (χ4n) is 8.95. The van der Waals surface area contributed by atoms with E-state index in [1.54, 1.807) is 0 Å². The molecule has 0 atom stereocenters. The molecule has 0 aliphatic carbocycles. The third kappa shape index (κ3) is 4.80. The lowest BCUT2D eigenvalue weighted by atomic mass is 9.73. The predicted octanol–water partition coefficient (Wildman–Crippen LogP) is 14.1. The Morgan fingerprint density at radius 1 is 0.431 bits per heavy atom. The second kappa shape index (κ2) is 12.2. The van der Waals surface area contributed by atoms with Gasteiger partial charge in [-0.1, -0.05) is 98.8 Å². The minimum atomic E-state index is -0.216. The highest BCUT2D eigenvalue weighted by atomic mass is 16.5. The molecule has 0 fully saturated rings. The molecule has 7 heteroatoms. The largest absolute Gasteiger partial charge is 0.453 e. The quantitative estimate of drug-likeness (QED) is 0.177. The molecular weight excluding hydrogens is 717 g/mol. The van der Waals surface area contributed by atoms with E-state index in [0.717, 1.165) is 89.7 Å². The molecule has 276 valence electrons. The molecule has 2 aliphatic rings. The molecule has 10 aromatic rings. The van der Waals surface area contributed by atoms with Crippen LogP contribution in [0.15, 0.2) is 179 Å². The van der Waals surface area contributed by atoms with Crippen molar-refractivity contribution in [1.82, 2.24) is 9.97 Å². The van der Waals surface area contributed by atoms with Crippen LogP contribution in [0.2, 0.25) is 0 Å². The fraction of sp³-hybridized carbons (Fsp3) is 0.0588. The Hall–Kier alpha value is -7.64. The maximum atomic E-state index is 6.67. The lowest BCUT2D eigenvalue weighted by Gasteiger charge is -2.42. The molecule has 4 heterocycles. The molecule has 0 saturated carbocycles. The van der Waals surface area contributed by atoms with E-state index in [2.05, 4.69) is 109 Å². The van der Waals surface area contributed by atoms with E-state index in [1.165, 1.54) is 11.1 Å². The van der Waals surface area contributed by atoms with Crippen molar-refractivity contribution in [3.05, 3.63) is 181 Å². The van der Waals surface area contributed by atoms with Crippen LogP contribution in [0.4, 0.5) is 34.1 Å². The number of fused-ring (bicyclic) bond motifs is 7. The van der Waals surface area contributed by atoms with Gasteiger partial charge in [-0.2, -0.15) is 0 Å². The summed E-state index contributed by atoms with van der Waals surface area (Å²) in [5.74, 6) is 2.58. The smallest absolute Gasteiger partial charge is 0.228 e. The zero-order chi connectivity index (χ0) is 38.5. The van der Waals surface area contributed by atoms with Gasteiger partial charge in [-0.25, -0.2) is 9.97 Å². The maximum absolute atomic E-state index is 6.67. The minimum Gasteiger partial charge on any atom is -0.453 e. The third-order valence-corrected chi connectivity index (χ3v) is 11.7. The van der Waals surface area contributed by atoms with Crippen LogP contribution in [0.5, 0.6) is 11.5 Å². The summed E-state index contributed by atoms with van der Waals surface area (Å²) in [6.45, 7) is 4.61. The van der Waals surface area contributed by atoms with Crippen LogP contribution >= 0.6 is 0 Å². The normalized spacial score (nSPS) is 13.9. The highest BCUT2D eigenvalue weighted by Crippen LogP contribution is 2.55. The molecule has 2 aliphatic heterocycles. The second-order valence-corrected chi connectivity index (χ2v) is 15.4. The lowest BCUT2D eigenvalue weighted by Crippen LogP contribution is -2.30. The monoisotopic (exact) mass is 750 g/mol. The maximum Gasteiger partial charge on any atom is 0.228 e. The standard InChI is InChI=1S/C51H34N4O3/c1-51(2)37-15-3-7-19-41(37)54(42-20-8-4-16-38(42)51)31-27-33-34(35(29-31)49-52-39-17-5-11-23-45(39)57-49)28-32(30-36(33)50-53-40-18-6-12-24-46(40)58-50)55-43-21-9-13-25-47(43)56-48-26-14-10-22-44(48)55/h3-30H,1-2H3. The zero-order valence-corrected chi connectivity index (χ0v) is 31.7. The van der Waals surface area contributed by atoms with Crippen LogP contribution in [-0.2, 0) is 5.41 Å². The van der Waals surface area contributed by atoms with Gasteiger partial charge in [-0.15, -0.1) is 0 Å². The number of oxazole rings is 2. The number of aromatic nitrogens is 2. The van der Waals surface area contributed by atoms with Crippen molar-refractivity contribution in [2.45, 2.75) is 19.3 Å². The van der Waals surface area contributed by atoms with Crippen LogP contribution in [0, 0.1) is 0 Å². The van der Waals surface area contributed by atoms with Crippen LogP contribution in [0.3, 0.4) is 0 Å². The highest BCUT2D eigenvalue weighted by Gasteiger charge is 2.37. The second-order valence-electron chi connectivity index (χ2n) is 15.4. The first-order valence-corrected chi connectivity index (χ1v) is 19.5. The fourth-order valence-corrected chi connectivity index (χ4v) is 8.95. The van der Waals surface area contributed by atoms with Crippen molar-refractivity contribution < 1.29 is 13.6 Å². The van der Waals surface area contributed by atoms with Gasteiger partial charge in [0.15, 0.2) is 22.7 Å². The Morgan fingerprint density at radius 2 is 0.828 bits per heavy atom. The van der Waals surface area contributed by atoms with Gasteiger partial charge in [0.1, 0.15) is 11.0 Å². The molecule has 0 spiro atoms. The first-order chi connectivity index (χ1) is 28.5. The van der Waals surface area contributed by atoms with Crippen LogP contribution < -0.4 is 14.5 Å². The molecule has 0 N–H and O–H groups in total. The molecule has 7 nitrogen and oxygen atoms in total. The summed E-state index contributed by atoms with van der Waals surface area (Å²) in [5, 5.41) is 1.88. The molecule has 0 saturated heterocycles. The summed E-state index contributed by atoms with van der Waals surface area (Å²) in [4.78, 5) is 14.9. The van der Waals surface area contributed by atoms with E-state index < -0.39 is 0 Å². The lowest BCUT2D eigenvalue weighted by molar-refractivity contribution is 0.477. The van der Waals surface area contributed by atoms with E-state index in [0.29, 0.717) is 11.8 Å². The number of para-hydroxylation sites is 10. The van der Waals surface area contributed by atoms with E-state index in [4.69, 9.17) is 23.5 Å². The number of ether oxygens (including phenoxy) is 1. The summed E-state index contributed by atoms with van der Waals surface area (Å²) in [5.41, 5.74) is 12.9. The number of nitrogens with zero attached hydrogens (tertiary/aromatic N) is 4. The Balaban J connectivity index is 1.21. The average Bonchev–Trinajstić information content (AvgIpc) is 3.90. The Kier molecular flexibility index (Phi) is 6.84. The van der Waals surface area contributed by atoms with E-state index in [-0.39, 0.29) is 5.41 Å². The van der Waals surface area contributed by atoms with Gasteiger partial charge in [0.2, 0.25) is 11.8 Å². The van der Waals surface area contributed by atoms with Crippen LogP contribution in [0.25, 0.3) is 55.9 Å². The predicted molar refractivity (Wildman–Crippen MR) is 232 cm³/mol. The van der Waals surface area contributed by atoms with Gasteiger partial charge in [0, 0.05) is 27.9 Å². The summed E-state index contributed by atoms with van der Waals surface area (Å²) in [7, 11) is 0. The summed E-state index contributed by atoms with van der Waals surface area (Å²) in [6, 6.07) is 58.4. The number of benzene rings is 8. The Morgan fingerprint density at radius 3 is 1.31 bits per heavy atom. The third-order valence-electron chi connectivity index (χ3n) is 11.7. The first-order valence-electron chi connectivity index (χ1n) is 19.5. The Labute approximate surface area is 334 Å². The molecule has 0 bridgehead atoms. The number of hydrogen-bond acceptors (Lipinski definition) is 7. The summed E-state index contributed by atoms with van der Waals surface area (Å²) in [6.07, 6.45) is 0. The molecule has 0 radical (unpaired) electrons. The molecule has 2 aromatic heterocycles. The van der Waals surface area contributed by atoms with Crippen LogP contribution in [0.1, 0.15) is 25.0 Å². The average molecular weight is 751 g/mol. The van der Waals surface area contributed by atoms with Crippen molar-refractivity contribution in [3.8, 4) is 34.4 Å². The van der Waals surface area contributed by atoms with Gasteiger partial charge < -0.3 is 23.4 Å². The molecule has 58 heavy (non-hydrogen) atoms. The molecule has 8 aromatic carbocycles. The zero-order valence-electron chi connectivity index (χ0n) is 31.7. The molecular formula is C51H34N4O3. The molecule has 0 amide bonds. The summed E-state index contributed by atoms with van der Waals surface area (Å²) >= 11 is 0. The Bertz CT molecular complexity index is 3130. The van der Waals surface area contributed by atoms with Crippen molar-refractivity contribution in [3.63, 3.8) is 0 Å². The van der Waals surface area contributed by atoms with Crippen molar-refractivity contribution in [2.75, 3.05) is 9.80 Å². The molecule has 0 unspecified atom stereocenters. The van der Waals surface area contributed by atoms with E-state index >= 15 is 0 Å². The van der Waals surface area contributed by atoms with Crippen molar-refractivity contribution in [2.24, 2.45) is 0 Å². The van der Waals surface area contributed by atoms with E-state index in [9.17, 15) is 0 Å². The number of hydrogen-bond donors (Lipinski definition) is 0. The van der Waals surface area contributed by atoms with Crippen LogP contribution in [-0.4, -0.2) is 9.97 Å². The number of rotatable bonds is 4. The van der Waals surface area contributed by atoms with Gasteiger partial charge >= 0.3 is 0 Å². The highest BCUT2D eigenvalue weighted by molar-refractivity contribution is 6.09. The topological polar surface area (TPSA) is 67.8 Å². The SMILES string of the molecule is CC1(C)c2ccccc2N(c2cc(-c3nc4ccccc4o3)c3cc(N4c5ccccc5Oc5ccccc54)cc(-c4nc5ccccc5o4)c3c2)c2ccccc21. The van der Waals surface area contributed by atoms with Gasteiger partial charge in [-0.05, 0) is 107 Å². The minimum absolute atomic E-state index is 0.216. The number of anilines is 6. The molecule has 12 rings (SSSR count). The summed E-state index contributed by atoms with van der Waals surface area (Å²) < 4.78 is 19.8. The van der Waals surface area contributed by atoms with Crippen molar-refractivity contribution in [1.29, 1.82) is 0 Å². The van der Waals surface area contributed by atoms with Gasteiger partial charge in [-0.3, -0.25) is 0 Å². The van der Waals surface area contributed by atoms with Gasteiger partial charge in [0.25, 0.3) is 0 Å². The van der Waals surface area contributed by atoms with E-state index in [1.807, 2.05) is 84.9 Å².